The van der Waals surface area contributed by atoms with E-state index in [0.29, 0.717) is 0 Å². The quantitative estimate of drug-likeness (QED) is 0.239. The minimum absolute atomic E-state index is 0. The first-order chi connectivity index (χ1) is 3.46. The Morgan fingerprint density at radius 3 is 0.818 bits per heavy atom. The van der Waals surface area contributed by atoms with Crippen molar-refractivity contribution in [3.8, 4) is 0 Å². The van der Waals surface area contributed by atoms with E-state index in [1.165, 1.54) is 0 Å². The molecule has 0 unspecified atom stereocenters. The molecule has 0 saturated heterocycles. The van der Waals surface area contributed by atoms with Crippen LogP contribution >= 0.6 is 16.5 Å². The standard InChI is InChI=1S/Gd.Ni.2HO3P.Tb/c;;2*1-4(2)3;/h;;2*(H-,1,2,3);/p+2. The molecule has 0 amide bonds. The third kappa shape index (κ3) is 165. The van der Waals surface area contributed by atoms with Gasteiger partial charge in [0.05, 0.1) is 0 Å². The van der Waals surface area contributed by atoms with Gasteiger partial charge in [0.1, 0.15) is 0 Å². The summed E-state index contributed by atoms with van der Waals surface area (Å²) in [7, 11) is -5.74. The van der Waals surface area contributed by atoms with E-state index in [2.05, 4.69) is 0 Å². The zero-order valence-electron chi connectivity index (χ0n) is 4.50. The Hall–Kier alpha value is 3.14. The van der Waals surface area contributed by atoms with E-state index in [1.807, 2.05) is 0 Å². The molecule has 0 aliphatic rings. The van der Waals surface area contributed by atoms with Crippen LogP contribution in [0.1, 0.15) is 0 Å². The maximum atomic E-state index is 8.70. The maximum absolute atomic E-state index is 8.70. The molecule has 0 aliphatic heterocycles. The molecule has 0 spiro atoms. The molecule has 1 radical (unpaired) electrons. The van der Waals surface area contributed by atoms with Crippen LogP contribution in [-0.2, 0) is 25.6 Å². The van der Waals surface area contributed by atoms with Crippen LogP contribution in [0.3, 0.4) is 0 Å². The fourth-order valence-corrected chi connectivity index (χ4v) is 0. The summed E-state index contributed by atoms with van der Waals surface area (Å²) in [6, 6.07) is 0. The summed E-state index contributed by atoms with van der Waals surface area (Å²) in [4.78, 5) is 28.5. The first-order valence-electron chi connectivity index (χ1n) is 1.17. The van der Waals surface area contributed by atoms with Crippen molar-refractivity contribution in [2.24, 2.45) is 0 Å². The van der Waals surface area contributed by atoms with E-state index in [-0.39, 0.29) is 95.0 Å². The molecular weight excluding hydrogens is 533 g/mol. The third-order valence-electron chi connectivity index (χ3n) is 0. The minimum atomic E-state index is -2.87. The molecule has 0 heterocycles. The molecule has 0 aromatic carbocycles. The Morgan fingerprint density at radius 1 is 0.818 bits per heavy atom. The van der Waals surface area contributed by atoms with Gasteiger partial charge in [0.25, 0.3) is 0 Å². The normalized spacial score (nSPS) is 4.73. The molecular formula is H4GdNiO6P2Tb+2. The van der Waals surface area contributed by atoms with Gasteiger partial charge in [0.2, 0.25) is 0 Å². The Morgan fingerprint density at radius 2 is 0.818 bits per heavy atom. The van der Waals surface area contributed by atoms with Gasteiger partial charge in [-0.3, -0.25) is 0 Å². The van der Waals surface area contributed by atoms with Crippen LogP contribution in [-0.4, -0.2) is 19.6 Å². The van der Waals surface area contributed by atoms with Crippen molar-refractivity contribution < 1.29 is 124 Å². The maximum Gasteiger partial charge on any atom is 0.692 e. The fraction of sp³-hybridized carbons (Fsp3) is 0. The van der Waals surface area contributed by atoms with Crippen LogP contribution in [0.5, 0.6) is 0 Å². The van der Waals surface area contributed by atoms with Gasteiger partial charge in [-0.2, -0.15) is 0 Å². The van der Waals surface area contributed by atoms with Gasteiger partial charge in [-0.15, -0.1) is 19.6 Å². The van der Waals surface area contributed by atoms with Crippen LogP contribution in [0.15, 0.2) is 0 Å². The number of hydrogen-bond acceptors (Lipinski definition) is 2. The van der Waals surface area contributed by atoms with Crippen molar-refractivity contribution in [3.05, 3.63) is 0 Å². The van der Waals surface area contributed by atoms with E-state index in [1.54, 1.807) is 0 Å². The van der Waals surface area contributed by atoms with Gasteiger partial charge in [0.15, 0.2) is 0 Å². The first-order valence-corrected chi connectivity index (χ1v) is 3.50. The van der Waals surface area contributed by atoms with Crippen molar-refractivity contribution in [2.45, 2.75) is 0 Å². The Bertz CT molecular complexity index is 78.6. The average Bonchev–Trinajstić information content (AvgIpc) is 1.25. The Labute approximate surface area is 137 Å². The summed E-state index contributed by atoms with van der Waals surface area (Å²) in [5.41, 5.74) is 0. The molecule has 0 aromatic heterocycles. The Balaban J connectivity index is -0.0000000171. The molecule has 0 rings (SSSR count). The zero-order valence-corrected chi connectivity index (χ0v) is 11.7. The fourth-order valence-electron chi connectivity index (χ4n) is 0. The predicted molar refractivity (Wildman–Crippen MR) is 24.1 cm³/mol. The molecule has 0 bridgehead atoms. The van der Waals surface area contributed by atoms with E-state index in [0.717, 1.165) is 0 Å². The first kappa shape index (κ1) is 29.2. The molecule has 0 fully saturated rings. The van der Waals surface area contributed by atoms with Gasteiger partial charge in [0, 0.05) is 104 Å². The van der Waals surface area contributed by atoms with Gasteiger partial charge < -0.3 is 0 Å². The van der Waals surface area contributed by atoms with Crippen molar-refractivity contribution in [1.29, 1.82) is 0 Å². The van der Waals surface area contributed by atoms with E-state index < -0.39 is 16.5 Å². The molecule has 6 nitrogen and oxygen atoms in total. The molecule has 0 saturated carbocycles. The van der Waals surface area contributed by atoms with E-state index in [9.17, 15) is 0 Å². The van der Waals surface area contributed by atoms with Crippen LogP contribution in [0.2, 0.25) is 0 Å². The molecule has 0 aromatic rings. The molecule has 11 heteroatoms. The zero-order chi connectivity index (χ0) is 7.15. The van der Waals surface area contributed by atoms with E-state index >= 15 is 0 Å². The monoisotopic (exact) mass is 537 g/mol. The molecule has 0 aliphatic carbocycles. The van der Waals surface area contributed by atoms with Gasteiger partial charge >= 0.3 is 16.5 Å². The molecule has 0 atom stereocenters. The van der Waals surface area contributed by atoms with E-state index in [4.69, 9.17) is 28.7 Å². The molecule has 75 valence electrons. The molecule has 4 N–H and O–H groups in total. The summed E-state index contributed by atoms with van der Waals surface area (Å²) in [6.45, 7) is 0. The van der Waals surface area contributed by atoms with Crippen molar-refractivity contribution in [2.75, 3.05) is 0 Å². The SMILES string of the molecule is O=[P+](O)O.O=[P+](O)O.[Gd].[Ni].[Tb]. The second-order valence-corrected chi connectivity index (χ2v) is 1.52. The van der Waals surface area contributed by atoms with Crippen LogP contribution in [0, 0.1) is 78.6 Å². The Kier molecular flexibility index (Phi) is 61.6. The summed E-state index contributed by atoms with van der Waals surface area (Å²) in [5.74, 6) is 0. The van der Waals surface area contributed by atoms with Crippen LogP contribution in [0.25, 0.3) is 0 Å². The van der Waals surface area contributed by atoms with Gasteiger partial charge in [-0.1, -0.05) is 0 Å². The second-order valence-electron chi connectivity index (χ2n) is 0.505. The smallest absolute Gasteiger partial charge is 0.134 e. The van der Waals surface area contributed by atoms with Crippen molar-refractivity contribution in [3.63, 3.8) is 0 Å². The van der Waals surface area contributed by atoms with Crippen LogP contribution < -0.4 is 0 Å². The van der Waals surface area contributed by atoms with Gasteiger partial charge in [-0.05, 0) is 0 Å². The third-order valence-corrected chi connectivity index (χ3v) is 0. The largest absolute Gasteiger partial charge is 0.692 e. The summed E-state index contributed by atoms with van der Waals surface area (Å²) in [6.07, 6.45) is 0. The topological polar surface area (TPSA) is 115 Å². The van der Waals surface area contributed by atoms with Crippen molar-refractivity contribution >= 4 is 16.5 Å². The number of hydrogen-bond donors (Lipinski definition) is 4. The summed E-state index contributed by atoms with van der Waals surface area (Å²) in [5, 5.41) is 0. The predicted octanol–water partition coefficient (Wildman–Crippen LogP) is -0.746. The number of rotatable bonds is 0. The summed E-state index contributed by atoms with van der Waals surface area (Å²) >= 11 is 0. The van der Waals surface area contributed by atoms with Gasteiger partial charge in [-0.25, -0.2) is 0 Å². The van der Waals surface area contributed by atoms with Crippen LogP contribution in [0.4, 0.5) is 0 Å². The minimum Gasteiger partial charge on any atom is -0.134 e. The van der Waals surface area contributed by atoms with Crippen molar-refractivity contribution in [1.82, 2.24) is 0 Å². The summed E-state index contributed by atoms with van der Waals surface area (Å²) < 4.78 is 17.4. The second kappa shape index (κ2) is 23.2. The molecule has 11 heavy (non-hydrogen) atoms. The average molecular weight is 537 g/mol.